The number of nitrogens with two attached hydrogens (primary N) is 1. The van der Waals surface area contributed by atoms with Gasteiger partial charge in [0.25, 0.3) is 0 Å². The maximum atomic E-state index is 10.9. The van der Waals surface area contributed by atoms with Crippen molar-refractivity contribution < 1.29 is 14.7 Å². The van der Waals surface area contributed by atoms with E-state index in [0.29, 0.717) is 6.42 Å². The van der Waals surface area contributed by atoms with E-state index in [1.807, 2.05) is 0 Å². The Morgan fingerprint density at radius 1 is 1.46 bits per heavy atom. The SMILES string of the molecule is CC(C)(CCC(=O)O)NC(=O)CN. The van der Waals surface area contributed by atoms with E-state index in [-0.39, 0.29) is 18.9 Å². The second-order valence-electron chi connectivity index (χ2n) is 3.53. The summed E-state index contributed by atoms with van der Waals surface area (Å²) in [5.74, 6) is -1.13. The molecule has 0 spiro atoms. The van der Waals surface area contributed by atoms with E-state index >= 15 is 0 Å². The second-order valence-corrected chi connectivity index (χ2v) is 3.53. The van der Waals surface area contributed by atoms with Gasteiger partial charge in [0.1, 0.15) is 0 Å². The fraction of sp³-hybridized carbons (Fsp3) is 0.750. The Bertz CT molecular complexity index is 202. The summed E-state index contributed by atoms with van der Waals surface area (Å²) in [7, 11) is 0. The number of carbonyl (C=O) groups is 2. The van der Waals surface area contributed by atoms with Crippen LogP contribution in [0.5, 0.6) is 0 Å². The van der Waals surface area contributed by atoms with Gasteiger partial charge in [-0.2, -0.15) is 0 Å². The van der Waals surface area contributed by atoms with Crippen LogP contribution in [-0.4, -0.2) is 29.1 Å². The number of hydrogen-bond donors (Lipinski definition) is 3. The summed E-state index contributed by atoms with van der Waals surface area (Å²) < 4.78 is 0. The smallest absolute Gasteiger partial charge is 0.303 e. The monoisotopic (exact) mass is 188 g/mol. The van der Waals surface area contributed by atoms with Crippen LogP contribution in [0.3, 0.4) is 0 Å². The number of aliphatic carboxylic acids is 1. The van der Waals surface area contributed by atoms with E-state index in [1.165, 1.54) is 0 Å². The summed E-state index contributed by atoms with van der Waals surface area (Å²) in [5, 5.41) is 11.1. The molecule has 0 aromatic heterocycles. The molecule has 0 saturated heterocycles. The van der Waals surface area contributed by atoms with Gasteiger partial charge in [0.05, 0.1) is 6.54 Å². The minimum Gasteiger partial charge on any atom is -0.481 e. The Morgan fingerprint density at radius 3 is 2.38 bits per heavy atom. The van der Waals surface area contributed by atoms with Crippen LogP contribution in [0.15, 0.2) is 0 Å². The Hall–Kier alpha value is -1.10. The van der Waals surface area contributed by atoms with Gasteiger partial charge >= 0.3 is 5.97 Å². The highest BCUT2D eigenvalue weighted by Crippen LogP contribution is 2.10. The van der Waals surface area contributed by atoms with Crippen molar-refractivity contribution in [3.05, 3.63) is 0 Å². The largest absolute Gasteiger partial charge is 0.481 e. The summed E-state index contributed by atoms with van der Waals surface area (Å²) in [6.07, 6.45) is 0.436. The Labute approximate surface area is 77.3 Å². The maximum absolute atomic E-state index is 10.9. The lowest BCUT2D eigenvalue weighted by Gasteiger charge is -2.25. The zero-order valence-corrected chi connectivity index (χ0v) is 7.96. The number of amides is 1. The molecule has 0 atom stereocenters. The molecule has 0 radical (unpaired) electrons. The average molecular weight is 188 g/mol. The molecule has 0 aliphatic rings. The molecule has 0 aliphatic carbocycles. The van der Waals surface area contributed by atoms with Crippen LogP contribution >= 0.6 is 0 Å². The van der Waals surface area contributed by atoms with Crippen LogP contribution in [0.2, 0.25) is 0 Å². The van der Waals surface area contributed by atoms with Crippen molar-refractivity contribution in [2.24, 2.45) is 5.73 Å². The highest BCUT2D eigenvalue weighted by molar-refractivity contribution is 5.78. The number of rotatable bonds is 5. The van der Waals surface area contributed by atoms with Crippen molar-refractivity contribution in [2.75, 3.05) is 6.54 Å². The number of hydrogen-bond acceptors (Lipinski definition) is 3. The molecule has 0 aromatic carbocycles. The molecule has 76 valence electrons. The van der Waals surface area contributed by atoms with E-state index in [1.54, 1.807) is 13.8 Å². The molecule has 0 aliphatic heterocycles. The van der Waals surface area contributed by atoms with Gasteiger partial charge in [-0.25, -0.2) is 0 Å². The Balaban J connectivity index is 3.92. The fourth-order valence-corrected chi connectivity index (χ4v) is 0.910. The molecular formula is C8H16N2O3. The van der Waals surface area contributed by atoms with Crippen molar-refractivity contribution in [3.63, 3.8) is 0 Å². The highest BCUT2D eigenvalue weighted by atomic mass is 16.4. The minimum absolute atomic E-state index is 0.0395. The van der Waals surface area contributed by atoms with Crippen LogP contribution < -0.4 is 11.1 Å². The predicted molar refractivity (Wildman–Crippen MR) is 48.1 cm³/mol. The summed E-state index contributed by atoms with van der Waals surface area (Å²) in [5.41, 5.74) is 4.60. The minimum atomic E-state index is -0.866. The maximum Gasteiger partial charge on any atom is 0.303 e. The normalized spacial score (nSPS) is 11.0. The van der Waals surface area contributed by atoms with Crippen molar-refractivity contribution in [3.8, 4) is 0 Å². The zero-order chi connectivity index (χ0) is 10.5. The van der Waals surface area contributed by atoms with Crippen molar-refractivity contribution in [2.45, 2.75) is 32.2 Å². The third-order valence-electron chi connectivity index (χ3n) is 1.63. The van der Waals surface area contributed by atoms with Crippen molar-refractivity contribution in [1.82, 2.24) is 5.32 Å². The predicted octanol–water partition coefficient (Wildman–Crippen LogP) is -0.295. The average Bonchev–Trinajstić information content (AvgIpc) is 2.00. The van der Waals surface area contributed by atoms with E-state index in [4.69, 9.17) is 10.8 Å². The Morgan fingerprint density at radius 2 is 2.00 bits per heavy atom. The topological polar surface area (TPSA) is 92.4 Å². The molecule has 0 heterocycles. The molecule has 0 saturated carbocycles. The lowest BCUT2D eigenvalue weighted by Crippen LogP contribution is -2.46. The van der Waals surface area contributed by atoms with Crippen LogP contribution in [0.25, 0.3) is 0 Å². The number of carboxylic acid groups (broad SMARTS) is 1. The summed E-state index contributed by atoms with van der Waals surface area (Å²) in [6.45, 7) is 3.46. The van der Waals surface area contributed by atoms with E-state index < -0.39 is 11.5 Å². The molecule has 4 N–H and O–H groups in total. The van der Waals surface area contributed by atoms with Gasteiger partial charge in [-0.05, 0) is 20.3 Å². The zero-order valence-electron chi connectivity index (χ0n) is 7.96. The molecule has 0 aromatic rings. The number of nitrogens with one attached hydrogen (secondary N) is 1. The molecule has 0 bridgehead atoms. The fourth-order valence-electron chi connectivity index (χ4n) is 0.910. The number of carbonyl (C=O) groups excluding carboxylic acids is 1. The van der Waals surface area contributed by atoms with Crippen molar-refractivity contribution >= 4 is 11.9 Å². The van der Waals surface area contributed by atoms with Gasteiger partial charge in [-0.3, -0.25) is 9.59 Å². The van der Waals surface area contributed by atoms with Crippen LogP contribution in [0.4, 0.5) is 0 Å². The number of carboxylic acids is 1. The first-order valence-corrected chi connectivity index (χ1v) is 4.10. The first kappa shape index (κ1) is 11.9. The van der Waals surface area contributed by atoms with Gasteiger partial charge in [-0.1, -0.05) is 0 Å². The standard InChI is InChI=1S/C8H16N2O3/c1-8(2,4-3-7(12)13)10-6(11)5-9/h3-5,9H2,1-2H3,(H,10,11)(H,12,13). The lowest BCUT2D eigenvalue weighted by atomic mass is 9.98. The summed E-state index contributed by atoms with van der Waals surface area (Å²) >= 11 is 0. The van der Waals surface area contributed by atoms with E-state index in [0.717, 1.165) is 0 Å². The third kappa shape index (κ3) is 6.10. The second kappa shape index (κ2) is 4.81. The molecule has 5 heteroatoms. The molecule has 13 heavy (non-hydrogen) atoms. The van der Waals surface area contributed by atoms with Crippen LogP contribution in [-0.2, 0) is 9.59 Å². The quantitative estimate of drug-likeness (QED) is 0.552. The first-order valence-electron chi connectivity index (χ1n) is 4.10. The van der Waals surface area contributed by atoms with E-state index in [2.05, 4.69) is 5.32 Å². The van der Waals surface area contributed by atoms with Crippen LogP contribution in [0.1, 0.15) is 26.7 Å². The van der Waals surface area contributed by atoms with Gasteiger partial charge < -0.3 is 16.2 Å². The Kier molecular flexibility index (Phi) is 4.40. The van der Waals surface area contributed by atoms with Gasteiger partial charge in [0, 0.05) is 12.0 Å². The molecule has 0 rings (SSSR count). The van der Waals surface area contributed by atoms with Gasteiger partial charge in [-0.15, -0.1) is 0 Å². The molecule has 0 unspecified atom stereocenters. The lowest BCUT2D eigenvalue weighted by molar-refractivity contribution is -0.137. The molecule has 0 fully saturated rings. The van der Waals surface area contributed by atoms with E-state index in [9.17, 15) is 9.59 Å². The van der Waals surface area contributed by atoms with Gasteiger partial charge in [0.2, 0.25) is 5.91 Å². The third-order valence-corrected chi connectivity index (χ3v) is 1.63. The molecule has 5 nitrogen and oxygen atoms in total. The van der Waals surface area contributed by atoms with Crippen LogP contribution in [0, 0.1) is 0 Å². The first-order chi connectivity index (χ1) is 5.87. The highest BCUT2D eigenvalue weighted by Gasteiger charge is 2.20. The molecular weight excluding hydrogens is 172 g/mol. The summed E-state index contributed by atoms with van der Waals surface area (Å²) in [6, 6.07) is 0. The van der Waals surface area contributed by atoms with Gasteiger partial charge in [0.15, 0.2) is 0 Å². The molecule has 1 amide bonds. The van der Waals surface area contributed by atoms with Crippen molar-refractivity contribution in [1.29, 1.82) is 0 Å². The summed E-state index contributed by atoms with van der Waals surface area (Å²) in [4.78, 5) is 21.2.